The number of aromatic amines is 1. The molecule has 6 nitrogen and oxygen atoms in total. The van der Waals surface area contributed by atoms with E-state index in [0.29, 0.717) is 5.56 Å². The van der Waals surface area contributed by atoms with Crippen molar-refractivity contribution in [3.63, 3.8) is 0 Å². The van der Waals surface area contributed by atoms with E-state index in [-0.39, 0.29) is 6.61 Å². The van der Waals surface area contributed by atoms with E-state index in [1.54, 1.807) is 31.3 Å². The molecule has 1 heterocycles. The van der Waals surface area contributed by atoms with Crippen LogP contribution in [-0.4, -0.2) is 30.0 Å². The van der Waals surface area contributed by atoms with Gasteiger partial charge in [0.15, 0.2) is 0 Å². The topological polar surface area (TPSA) is 77.6 Å². The molecule has 0 saturated heterocycles. The molecule has 0 aliphatic heterocycles. The van der Waals surface area contributed by atoms with Gasteiger partial charge < -0.3 is 19.2 Å². The number of ether oxygens (including phenoxy) is 3. The van der Waals surface area contributed by atoms with Crippen LogP contribution in [0.15, 0.2) is 30.5 Å². The van der Waals surface area contributed by atoms with Crippen molar-refractivity contribution < 1.29 is 23.8 Å². The van der Waals surface area contributed by atoms with E-state index in [1.807, 2.05) is 6.07 Å². The fourth-order valence-corrected chi connectivity index (χ4v) is 1.79. The third-order valence-corrected chi connectivity index (χ3v) is 2.61. The molecule has 0 aliphatic carbocycles. The minimum atomic E-state index is -1.02. The van der Waals surface area contributed by atoms with Crippen LogP contribution in [0.5, 0.6) is 0 Å². The van der Waals surface area contributed by atoms with Gasteiger partial charge in [-0.3, -0.25) is 0 Å². The van der Waals surface area contributed by atoms with Gasteiger partial charge in [-0.2, -0.15) is 0 Å². The maximum Gasteiger partial charge on any atom is 0.511 e. The highest BCUT2D eigenvalue weighted by Gasteiger charge is 2.18. The molecule has 0 saturated carbocycles. The number of rotatable bonds is 4. The Morgan fingerprint density at radius 1 is 1.25 bits per heavy atom. The van der Waals surface area contributed by atoms with E-state index in [0.717, 1.165) is 10.9 Å². The van der Waals surface area contributed by atoms with Gasteiger partial charge in [-0.15, -0.1) is 0 Å². The van der Waals surface area contributed by atoms with Crippen LogP contribution in [0.25, 0.3) is 10.9 Å². The van der Waals surface area contributed by atoms with Crippen LogP contribution >= 0.6 is 0 Å². The van der Waals surface area contributed by atoms with Crippen LogP contribution in [0.4, 0.5) is 4.79 Å². The predicted molar refractivity (Wildman–Crippen MR) is 71.3 cm³/mol. The monoisotopic (exact) mass is 277 g/mol. The number of H-pyrrole nitrogens is 1. The molecular weight excluding hydrogens is 262 g/mol. The highest BCUT2D eigenvalue weighted by molar-refractivity contribution is 6.03. The number of aromatic nitrogens is 1. The van der Waals surface area contributed by atoms with Gasteiger partial charge in [-0.05, 0) is 25.1 Å². The zero-order valence-electron chi connectivity index (χ0n) is 11.2. The van der Waals surface area contributed by atoms with E-state index >= 15 is 0 Å². The molecule has 20 heavy (non-hydrogen) atoms. The average Bonchev–Trinajstić information content (AvgIpc) is 2.86. The predicted octanol–water partition coefficient (Wildman–Crippen LogP) is 2.84. The molecule has 0 aliphatic rings. The fourth-order valence-electron chi connectivity index (χ4n) is 1.79. The molecule has 1 unspecified atom stereocenters. The summed E-state index contributed by atoms with van der Waals surface area (Å²) >= 11 is 0. The van der Waals surface area contributed by atoms with Gasteiger partial charge in [0.05, 0.1) is 12.2 Å². The molecule has 6 heteroatoms. The summed E-state index contributed by atoms with van der Waals surface area (Å²) in [4.78, 5) is 26.1. The third kappa shape index (κ3) is 3.09. The lowest BCUT2D eigenvalue weighted by molar-refractivity contribution is -0.0810. The molecule has 0 radical (unpaired) electrons. The van der Waals surface area contributed by atoms with Crippen LogP contribution < -0.4 is 0 Å². The zero-order chi connectivity index (χ0) is 14.5. The van der Waals surface area contributed by atoms with Crippen molar-refractivity contribution in [2.75, 3.05) is 6.61 Å². The number of nitrogens with one attached hydrogen (secondary N) is 1. The van der Waals surface area contributed by atoms with Gasteiger partial charge in [0, 0.05) is 24.0 Å². The summed E-state index contributed by atoms with van der Waals surface area (Å²) in [6.45, 7) is 3.30. The lowest BCUT2D eigenvalue weighted by Crippen LogP contribution is -2.22. The summed E-state index contributed by atoms with van der Waals surface area (Å²) in [6, 6.07) is 7.02. The molecule has 0 bridgehead atoms. The van der Waals surface area contributed by atoms with E-state index in [1.165, 1.54) is 6.92 Å². The number of carbonyl (C=O) groups excluding carboxylic acids is 2. The quantitative estimate of drug-likeness (QED) is 0.686. The van der Waals surface area contributed by atoms with Crippen molar-refractivity contribution in [2.45, 2.75) is 20.1 Å². The van der Waals surface area contributed by atoms with Crippen LogP contribution in [0.3, 0.4) is 0 Å². The zero-order valence-corrected chi connectivity index (χ0v) is 11.2. The normalized spacial score (nSPS) is 11.9. The summed E-state index contributed by atoms with van der Waals surface area (Å²) in [5, 5.41) is 0.751. The first kappa shape index (κ1) is 13.9. The number of hydrogen-bond donors (Lipinski definition) is 1. The molecule has 0 fully saturated rings. The van der Waals surface area contributed by atoms with Crippen LogP contribution in [-0.2, 0) is 14.2 Å². The minimum absolute atomic E-state index is 0.197. The van der Waals surface area contributed by atoms with Crippen molar-refractivity contribution in [3.05, 3.63) is 36.0 Å². The Bertz CT molecular complexity index is 619. The maximum absolute atomic E-state index is 12.0. The molecule has 1 atom stereocenters. The summed E-state index contributed by atoms with van der Waals surface area (Å²) < 4.78 is 14.4. The molecule has 1 N–H and O–H groups in total. The molecular formula is C14H15NO5. The van der Waals surface area contributed by atoms with Gasteiger partial charge in [-0.25, -0.2) is 9.59 Å². The highest BCUT2D eigenvalue weighted by Crippen LogP contribution is 2.18. The van der Waals surface area contributed by atoms with E-state index in [2.05, 4.69) is 9.72 Å². The fraction of sp³-hybridized carbons (Fsp3) is 0.286. The van der Waals surface area contributed by atoms with E-state index < -0.39 is 18.4 Å². The number of hydrogen-bond acceptors (Lipinski definition) is 5. The van der Waals surface area contributed by atoms with Crippen LogP contribution in [0.2, 0.25) is 0 Å². The summed E-state index contributed by atoms with van der Waals surface area (Å²) in [5.41, 5.74) is 1.24. The van der Waals surface area contributed by atoms with Crippen molar-refractivity contribution >= 4 is 23.0 Å². The molecule has 2 aromatic rings. The van der Waals surface area contributed by atoms with Gasteiger partial charge in [0.2, 0.25) is 6.29 Å². The Kier molecular flexibility index (Phi) is 4.24. The minimum Gasteiger partial charge on any atom is -0.435 e. The van der Waals surface area contributed by atoms with Gasteiger partial charge in [-0.1, -0.05) is 6.07 Å². The van der Waals surface area contributed by atoms with Crippen molar-refractivity contribution in [2.24, 2.45) is 0 Å². The number of carbonyl (C=O) groups is 2. The van der Waals surface area contributed by atoms with Gasteiger partial charge >= 0.3 is 12.1 Å². The molecule has 2 rings (SSSR count). The summed E-state index contributed by atoms with van der Waals surface area (Å²) in [6.07, 6.45) is -0.150. The van der Waals surface area contributed by atoms with Crippen LogP contribution in [0.1, 0.15) is 24.2 Å². The first-order chi connectivity index (χ1) is 9.61. The maximum atomic E-state index is 12.0. The van der Waals surface area contributed by atoms with Gasteiger partial charge in [0.25, 0.3) is 0 Å². The van der Waals surface area contributed by atoms with Crippen molar-refractivity contribution in [1.82, 2.24) is 4.98 Å². The van der Waals surface area contributed by atoms with E-state index in [9.17, 15) is 9.59 Å². The lowest BCUT2D eigenvalue weighted by Gasteiger charge is -2.13. The largest absolute Gasteiger partial charge is 0.511 e. The van der Waals surface area contributed by atoms with Gasteiger partial charge in [0.1, 0.15) is 0 Å². The highest BCUT2D eigenvalue weighted by atomic mass is 16.8. The summed E-state index contributed by atoms with van der Waals surface area (Å²) in [7, 11) is 0. The smallest absolute Gasteiger partial charge is 0.435 e. The number of fused-ring (bicyclic) bond motifs is 1. The van der Waals surface area contributed by atoms with Crippen molar-refractivity contribution in [3.8, 4) is 0 Å². The SMILES string of the molecule is CCOC(=O)OC(C)OC(=O)c1cccc2[nH]ccc12. The Labute approximate surface area is 115 Å². The Morgan fingerprint density at radius 3 is 2.80 bits per heavy atom. The Balaban J connectivity index is 2.05. The Hall–Kier alpha value is -2.50. The summed E-state index contributed by atoms with van der Waals surface area (Å²) in [5.74, 6) is -0.563. The van der Waals surface area contributed by atoms with Crippen LogP contribution in [0, 0.1) is 0 Å². The molecule has 0 spiro atoms. The van der Waals surface area contributed by atoms with Crippen molar-refractivity contribution in [1.29, 1.82) is 0 Å². The second-order valence-corrected chi connectivity index (χ2v) is 4.02. The first-order valence-electron chi connectivity index (χ1n) is 6.22. The second kappa shape index (κ2) is 6.10. The molecule has 1 aromatic carbocycles. The lowest BCUT2D eigenvalue weighted by atomic mass is 10.1. The van der Waals surface area contributed by atoms with E-state index in [4.69, 9.17) is 9.47 Å². The average molecular weight is 277 g/mol. The number of esters is 1. The Morgan fingerprint density at radius 2 is 2.05 bits per heavy atom. The standard InChI is InChI=1S/C14H15NO5/c1-3-18-14(17)20-9(2)19-13(16)11-5-4-6-12-10(11)7-8-15-12/h4-9,15H,3H2,1-2H3. The number of benzene rings is 1. The first-order valence-corrected chi connectivity index (χ1v) is 6.22. The second-order valence-electron chi connectivity index (χ2n) is 4.02. The molecule has 106 valence electrons. The molecule has 0 amide bonds. The molecule has 1 aromatic heterocycles. The third-order valence-electron chi connectivity index (χ3n) is 2.61.